The van der Waals surface area contributed by atoms with Gasteiger partial charge in [0.15, 0.2) is 0 Å². The fraction of sp³-hybridized carbons (Fsp3) is 0.292. The molecule has 0 spiro atoms. The van der Waals surface area contributed by atoms with Gasteiger partial charge in [0, 0.05) is 25.4 Å². The van der Waals surface area contributed by atoms with Gasteiger partial charge < -0.3 is 9.30 Å². The van der Waals surface area contributed by atoms with E-state index in [1.807, 2.05) is 50.2 Å². The van der Waals surface area contributed by atoms with Gasteiger partial charge in [-0.1, -0.05) is 42.0 Å². The highest BCUT2D eigenvalue weighted by Crippen LogP contribution is 2.26. The Labute approximate surface area is 182 Å². The summed E-state index contributed by atoms with van der Waals surface area (Å²) in [6, 6.07) is 18.3. The molecule has 2 heterocycles. The van der Waals surface area contributed by atoms with Crippen LogP contribution in [0.15, 0.2) is 70.4 Å². The number of hydrogen-bond donors (Lipinski definition) is 0. The van der Waals surface area contributed by atoms with Crippen LogP contribution in [0.1, 0.15) is 17.7 Å². The molecule has 31 heavy (non-hydrogen) atoms. The lowest BCUT2D eigenvalue weighted by Crippen LogP contribution is -2.31. The molecular weight excluding hydrogens is 412 g/mol. The lowest BCUT2D eigenvalue weighted by atomic mass is 10.0. The van der Waals surface area contributed by atoms with Gasteiger partial charge in [-0.05, 0) is 49.6 Å². The molecule has 162 valence electrons. The van der Waals surface area contributed by atoms with E-state index >= 15 is 0 Å². The molecule has 4 rings (SSSR count). The minimum absolute atomic E-state index is 0.147. The molecule has 1 unspecified atom stereocenters. The van der Waals surface area contributed by atoms with Crippen LogP contribution in [-0.2, 0) is 17.1 Å². The van der Waals surface area contributed by atoms with E-state index in [0.717, 1.165) is 16.8 Å². The maximum absolute atomic E-state index is 13.1. The highest BCUT2D eigenvalue weighted by atomic mass is 32.2. The SMILES string of the molecule is Cc1ccc(-c2ccc(S(=O)(=O)N3CCC(Oc4cc(C)n(C)c(=O)c4)C3)cc2)cc1. The highest BCUT2D eigenvalue weighted by molar-refractivity contribution is 7.89. The average molecular weight is 439 g/mol. The fourth-order valence-electron chi connectivity index (χ4n) is 3.72. The fourth-order valence-corrected chi connectivity index (χ4v) is 5.21. The third kappa shape index (κ3) is 4.43. The Kier molecular flexibility index (Phi) is 5.73. The Morgan fingerprint density at radius 2 is 1.55 bits per heavy atom. The maximum atomic E-state index is 13.1. The van der Waals surface area contributed by atoms with Crippen molar-refractivity contribution in [2.75, 3.05) is 13.1 Å². The van der Waals surface area contributed by atoms with Crippen LogP contribution in [0.25, 0.3) is 11.1 Å². The molecule has 0 amide bonds. The monoisotopic (exact) mass is 438 g/mol. The van der Waals surface area contributed by atoms with Crippen LogP contribution in [0.4, 0.5) is 0 Å². The summed E-state index contributed by atoms with van der Waals surface area (Å²) in [7, 11) is -1.90. The van der Waals surface area contributed by atoms with Crippen molar-refractivity contribution in [3.05, 3.63) is 82.3 Å². The lowest BCUT2D eigenvalue weighted by molar-refractivity contribution is 0.214. The largest absolute Gasteiger partial charge is 0.489 e. The van der Waals surface area contributed by atoms with Crippen molar-refractivity contribution in [2.24, 2.45) is 7.05 Å². The molecule has 1 aromatic heterocycles. The normalized spacial score (nSPS) is 17.1. The molecule has 0 saturated carbocycles. The smallest absolute Gasteiger partial charge is 0.254 e. The van der Waals surface area contributed by atoms with E-state index in [1.165, 1.54) is 15.9 Å². The third-order valence-electron chi connectivity index (χ3n) is 5.76. The Balaban J connectivity index is 1.47. The first-order valence-electron chi connectivity index (χ1n) is 10.3. The number of ether oxygens (including phenoxy) is 1. The van der Waals surface area contributed by atoms with Crippen molar-refractivity contribution in [3.63, 3.8) is 0 Å². The van der Waals surface area contributed by atoms with Gasteiger partial charge >= 0.3 is 0 Å². The first-order valence-corrected chi connectivity index (χ1v) is 11.7. The summed E-state index contributed by atoms with van der Waals surface area (Å²) < 4.78 is 35.1. The van der Waals surface area contributed by atoms with E-state index in [4.69, 9.17) is 4.74 Å². The van der Waals surface area contributed by atoms with E-state index in [2.05, 4.69) is 0 Å². The van der Waals surface area contributed by atoms with Gasteiger partial charge in [0.2, 0.25) is 10.0 Å². The van der Waals surface area contributed by atoms with Gasteiger partial charge in [-0.2, -0.15) is 4.31 Å². The molecule has 1 aliphatic rings. The molecule has 1 aliphatic heterocycles. The van der Waals surface area contributed by atoms with E-state index < -0.39 is 10.0 Å². The molecule has 0 aliphatic carbocycles. The molecule has 1 atom stereocenters. The van der Waals surface area contributed by atoms with Gasteiger partial charge in [0.25, 0.3) is 5.56 Å². The summed E-state index contributed by atoms with van der Waals surface area (Å²) in [5.41, 5.74) is 3.85. The molecule has 3 aromatic rings. The molecule has 1 saturated heterocycles. The number of sulfonamides is 1. The quantitative estimate of drug-likeness (QED) is 0.611. The summed E-state index contributed by atoms with van der Waals surface area (Å²) >= 11 is 0. The first-order chi connectivity index (χ1) is 14.7. The van der Waals surface area contributed by atoms with Gasteiger partial charge in [-0.3, -0.25) is 4.79 Å². The molecule has 0 N–H and O–H groups in total. The number of benzene rings is 2. The Morgan fingerprint density at radius 1 is 0.935 bits per heavy atom. The summed E-state index contributed by atoms with van der Waals surface area (Å²) in [5, 5.41) is 0. The average Bonchev–Trinajstić information content (AvgIpc) is 3.22. The summed E-state index contributed by atoms with van der Waals surface area (Å²) in [6.45, 7) is 4.51. The summed E-state index contributed by atoms with van der Waals surface area (Å²) in [5.74, 6) is 0.479. The van der Waals surface area contributed by atoms with Crippen LogP contribution in [-0.4, -0.2) is 36.5 Å². The van der Waals surface area contributed by atoms with Crippen molar-refractivity contribution < 1.29 is 13.2 Å². The van der Waals surface area contributed by atoms with E-state index in [0.29, 0.717) is 18.7 Å². The maximum Gasteiger partial charge on any atom is 0.254 e. The minimum Gasteiger partial charge on any atom is -0.489 e. The number of rotatable bonds is 5. The van der Waals surface area contributed by atoms with Crippen LogP contribution >= 0.6 is 0 Å². The van der Waals surface area contributed by atoms with Crippen LogP contribution in [0.3, 0.4) is 0 Å². The van der Waals surface area contributed by atoms with Gasteiger partial charge in [-0.15, -0.1) is 0 Å². The van der Waals surface area contributed by atoms with Crippen molar-refractivity contribution >= 4 is 10.0 Å². The molecule has 1 fully saturated rings. The number of aromatic nitrogens is 1. The molecule has 0 bridgehead atoms. The highest BCUT2D eigenvalue weighted by Gasteiger charge is 2.33. The molecule has 2 aromatic carbocycles. The Bertz CT molecular complexity index is 1250. The predicted octanol–water partition coefficient (Wildman–Crippen LogP) is 3.51. The second kappa shape index (κ2) is 8.32. The standard InChI is InChI=1S/C24H26N2O4S/c1-17-4-6-19(7-5-17)20-8-10-23(11-9-20)31(28,29)26-13-12-21(16-26)30-22-14-18(2)25(3)24(27)15-22/h4-11,14-15,21H,12-13,16H2,1-3H3. The Morgan fingerprint density at radius 3 is 2.16 bits per heavy atom. The van der Waals surface area contributed by atoms with Crippen LogP contribution < -0.4 is 10.3 Å². The van der Waals surface area contributed by atoms with Crippen LogP contribution in [0, 0.1) is 13.8 Å². The number of aryl methyl sites for hydroxylation is 2. The molecule has 7 heteroatoms. The Hall–Kier alpha value is -2.90. The summed E-state index contributed by atoms with van der Waals surface area (Å²) in [4.78, 5) is 12.2. The van der Waals surface area contributed by atoms with Gasteiger partial charge in [-0.25, -0.2) is 8.42 Å². The lowest BCUT2D eigenvalue weighted by Gasteiger charge is -2.18. The second-order valence-electron chi connectivity index (χ2n) is 8.01. The topological polar surface area (TPSA) is 68.6 Å². The first kappa shape index (κ1) is 21.3. The van der Waals surface area contributed by atoms with Crippen molar-refractivity contribution in [1.29, 1.82) is 0 Å². The van der Waals surface area contributed by atoms with E-state index in [9.17, 15) is 13.2 Å². The molecular formula is C24H26N2O4S. The van der Waals surface area contributed by atoms with E-state index in [1.54, 1.807) is 29.8 Å². The van der Waals surface area contributed by atoms with Crippen LogP contribution in [0.5, 0.6) is 5.75 Å². The van der Waals surface area contributed by atoms with Crippen LogP contribution in [0.2, 0.25) is 0 Å². The zero-order chi connectivity index (χ0) is 22.2. The zero-order valence-corrected chi connectivity index (χ0v) is 18.7. The number of hydrogen-bond acceptors (Lipinski definition) is 4. The van der Waals surface area contributed by atoms with Crippen molar-refractivity contribution in [1.82, 2.24) is 8.87 Å². The third-order valence-corrected chi connectivity index (χ3v) is 7.64. The predicted molar refractivity (Wildman–Crippen MR) is 121 cm³/mol. The zero-order valence-electron chi connectivity index (χ0n) is 17.9. The van der Waals surface area contributed by atoms with Crippen molar-refractivity contribution in [2.45, 2.75) is 31.3 Å². The molecule has 0 radical (unpaired) electrons. The van der Waals surface area contributed by atoms with Gasteiger partial charge in [0.1, 0.15) is 11.9 Å². The molecule has 6 nitrogen and oxygen atoms in total. The van der Waals surface area contributed by atoms with E-state index in [-0.39, 0.29) is 23.1 Å². The number of nitrogens with zero attached hydrogens (tertiary/aromatic N) is 2. The van der Waals surface area contributed by atoms with Crippen molar-refractivity contribution in [3.8, 4) is 16.9 Å². The number of pyridine rings is 1. The summed E-state index contributed by atoms with van der Waals surface area (Å²) in [6.07, 6.45) is 0.294. The van der Waals surface area contributed by atoms with Gasteiger partial charge in [0.05, 0.1) is 11.4 Å². The minimum atomic E-state index is -3.61. The second-order valence-corrected chi connectivity index (χ2v) is 9.95.